The number of hydrogen-bond donors (Lipinski definition) is 2. The van der Waals surface area contributed by atoms with Gasteiger partial charge in [-0.1, -0.05) is 40.2 Å². The summed E-state index contributed by atoms with van der Waals surface area (Å²) in [5.74, 6) is 1.16. The number of amides is 2. The second-order valence-corrected chi connectivity index (χ2v) is 11.4. The summed E-state index contributed by atoms with van der Waals surface area (Å²) in [5.41, 5.74) is 4.24. The third kappa shape index (κ3) is 4.62. The molecule has 0 radical (unpaired) electrons. The number of fused-ring (bicyclic) bond motifs is 3. The van der Waals surface area contributed by atoms with E-state index in [1.807, 2.05) is 52.9 Å². The van der Waals surface area contributed by atoms with Gasteiger partial charge in [0.1, 0.15) is 0 Å². The number of nitrogens with zero attached hydrogens (tertiary/aromatic N) is 5. The van der Waals surface area contributed by atoms with Gasteiger partial charge in [0, 0.05) is 40.5 Å². The summed E-state index contributed by atoms with van der Waals surface area (Å²) in [6.07, 6.45) is 4.37. The van der Waals surface area contributed by atoms with Crippen LogP contribution in [0.4, 0.5) is 16.2 Å². The molecule has 10 heteroatoms. The molecule has 0 spiro atoms. The Balaban J connectivity index is 1.35. The summed E-state index contributed by atoms with van der Waals surface area (Å²) in [7, 11) is 0. The fourth-order valence-electron chi connectivity index (χ4n) is 5.51. The summed E-state index contributed by atoms with van der Waals surface area (Å²) in [6, 6.07) is 21.5. The zero-order valence-electron chi connectivity index (χ0n) is 21.8. The summed E-state index contributed by atoms with van der Waals surface area (Å²) >= 11 is 3.65. The number of anilines is 2. The van der Waals surface area contributed by atoms with E-state index < -0.39 is 0 Å². The molecule has 0 unspecified atom stereocenters. The first-order valence-electron chi connectivity index (χ1n) is 13.6. The Bertz CT molecular complexity index is 1820. The Morgan fingerprint density at radius 2 is 1.80 bits per heavy atom. The lowest BCUT2D eigenvalue weighted by Gasteiger charge is -2.21. The molecule has 1 saturated heterocycles. The molecule has 2 aromatic heterocycles. The maximum atomic E-state index is 13.8. The molecular formula is C30H28BrN7O2. The van der Waals surface area contributed by atoms with E-state index in [9.17, 15) is 9.59 Å². The van der Waals surface area contributed by atoms with Crippen molar-refractivity contribution in [2.75, 3.05) is 23.3 Å². The van der Waals surface area contributed by atoms with Crippen molar-refractivity contribution in [3.63, 3.8) is 0 Å². The van der Waals surface area contributed by atoms with Crippen molar-refractivity contribution in [1.29, 1.82) is 0 Å². The van der Waals surface area contributed by atoms with Gasteiger partial charge in [0.25, 0.3) is 5.56 Å². The summed E-state index contributed by atoms with van der Waals surface area (Å²) < 4.78 is 4.61. The number of aromatic nitrogens is 4. The van der Waals surface area contributed by atoms with Crippen LogP contribution in [0.25, 0.3) is 28.1 Å². The first-order valence-corrected chi connectivity index (χ1v) is 14.4. The number of carbonyl (C=O) groups is 1. The molecule has 1 saturated carbocycles. The molecule has 2 aliphatic rings. The maximum Gasteiger partial charge on any atom is 0.319 e. The van der Waals surface area contributed by atoms with Crippen LogP contribution in [0.15, 0.2) is 76.0 Å². The molecule has 0 bridgehead atoms. The van der Waals surface area contributed by atoms with Gasteiger partial charge < -0.3 is 15.5 Å². The Morgan fingerprint density at radius 1 is 0.975 bits per heavy atom. The number of hydrogen-bond acceptors (Lipinski definition) is 5. The Labute approximate surface area is 239 Å². The molecule has 40 heavy (non-hydrogen) atoms. The normalized spacial score (nSPS) is 15.2. The van der Waals surface area contributed by atoms with Gasteiger partial charge in [0.15, 0.2) is 5.82 Å². The molecule has 3 heterocycles. The Morgan fingerprint density at radius 3 is 2.62 bits per heavy atom. The number of benzene rings is 3. The second-order valence-electron chi connectivity index (χ2n) is 10.5. The van der Waals surface area contributed by atoms with E-state index in [0.717, 1.165) is 65.6 Å². The van der Waals surface area contributed by atoms with Crippen molar-refractivity contribution >= 4 is 50.0 Å². The van der Waals surface area contributed by atoms with Crippen molar-refractivity contribution in [3.8, 4) is 11.4 Å². The van der Waals surface area contributed by atoms with Crippen molar-refractivity contribution < 1.29 is 4.79 Å². The number of urea groups is 1. The minimum atomic E-state index is -0.213. The Hall–Kier alpha value is -4.18. The predicted octanol–water partition coefficient (Wildman–Crippen LogP) is 5.41. The van der Waals surface area contributed by atoms with Crippen LogP contribution in [0.5, 0.6) is 0 Å². The van der Waals surface area contributed by atoms with Gasteiger partial charge in [-0.2, -0.15) is 0 Å². The molecule has 1 aliphatic heterocycles. The molecule has 2 N–H and O–H groups in total. The van der Waals surface area contributed by atoms with Crippen LogP contribution < -0.4 is 21.1 Å². The molecule has 0 atom stereocenters. The molecule has 3 aromatic carbocycles. The van der Waals surface area contributed by atoms with E-state index in [0.29, 0.717) is 22.7 Å². The SMILES string of the molecule is O=C(Nc1cccc(Cn2c(=O)c3ccccc3n3c(-c4cc(Br)ccc4N4CCCC4)nnc23)c1)NC1CC1. The lowest BCUT2D eigenvalue weighted by molar-refractivity contribution is 0.251. The van der Waals surface area contributed by atoms with E-state index in [1.54, 1.807) is 4.57 Å². The summed E-state index contributed by atoms with van der Waals surface area (Å²) in [4.78, 5) is 28.5. The van der Waals surface area contributed by atoms with Crippen molar-refractivity contribution in [1.82, 2.24) is 24.5 Å². The van der Waals surface area contributed by atoms with Gasteiger partial charge in [0.05, 0.1) is 17.4 Å². The lowest BCUT2D eigenvalue weighted by Crippen LogP contribution is -2.30. The standard InChI is InChI=1S/C30H28BrN7O2/c31-20-10-13-25(36-14-3-4-15-36)24(17-20)27-34-35-30-37(28(39)23-8-1-2-9-26(23)38(27)30)18-19-6-5-7-22(16-19)33-29(40)32-21-11-12-21/h1-2,5-10,13,16-17,21H,3-4,11-12,14-15,18H2,(H2,32,33,40). The third-order valence-electron chi connectivity index (χ3n) is 7.59. The highest BCUT2D eigenvalue weighted by molar-refractivity contribution is 9.10. The predicted molar refractivity (Wildman–Crippen MR) is 160 cm³/mol. The number of carbonyl (C=O) groups excluding carboxylic acids is 1. The average molecular weight is 599 g/mol. The monoisotopic (exact) mass is 597 g/mol. The maximum absolute atomic E-state index is 13.8. The number of rotatable bonds is 6. The molecule has 5 aromatic rings. The van der Waals surface area contributed by atoms with Crippen LogP contribution in [-0.2, 0) is 6.54 Å². The fraction of sp³-hybridized carbons (Fsp3) is 0.267. The van der Waals surface area contributed by atoms with Crippen LogP contribution in [0, 0.1) is 0 Å². The molecule has 202 valence electrons. The molecule has 1 aliphatic carbocycles. The highest BCUT2D eigenvalue weighted by atomic mass is 79.9. The molecule has 9 nitrogen and oxygen atoms in total. The van der Waals surface area contributed by atoms with Gasteiger partial charge in [-0.3, -0.25) is 13.8 Å². The molecule has 2 amide bonds. The number of para-hydroxylation sites is 1. The zero-order valence-corrected chi connectivity index (χ0v) is 23.4. The van der Waals surface area contributed by atoms with E-state index in [1.165, 1.54) is 0 Å². The second kappa shape index (κ2) is 10.1. The van der Waals surface area contributed by atoms with Crippen LogP contribution in [-0.4, -0.2) is 44.3 Å². The quantitative estimate of drug-likeness (QED) is 0.273. The van der Waals surface area contributed by atoms with Crippen LogP contribution >= 0.6 is 15.9 Å². The summed E-state index contributed by atoms with van der Waals surface area (Å²) in [6.45, 7) is 2.28. The highest BCUT2D eigenvalue weighted by Gasteiger charge is 2.24. The molecule has 7 rings (SSSR count). The van der Waals surface area contributed by atoms with E-state index in [-0.39, 0.29) is 24.2 Å². The van der Waals surface area contributed by atoms with Gasteiger partial charge in [0.2, 0.25) is 5.78 Å². The van der Waals surface area contributed by atoms with Crippen LogP contribution in [0.1, 0.15) is 31.2 Å². The number of nitrogens with one attached hydrogen (secondary N) is 2. The fourth-order valence-corrected chi connectivity index (χ4v) is 5.87. The van der Waals surface area contributed by atoms with Gasteiger partial charge in [-0.05, 0) is 73.7 Å². The Kier molecular flexibility index (Phi) is 6.27. The van der Waals surface area contributed by atoms with E-state index in [4.69, 9.17) is 0 Å². The summed E-state index contributed by atoms with van der Waals surface area (Å²) in [5, 5.41) is 15.7. The van der Waals surface area contributed by atoms with Crippen LogP contribution in [0.3, 0.4) is 0 Å². The molecular weight excluding hydrogens is 570 g/mol. The number of halogens is 1. The van der Waals surface area contributed by atoms with E-state index >= 15 is 0 Å². The first-order chi connectivity index (χ1) is 19.5. The van der Waals surface area contributed by atoms with E-state index in [2.05, 4.69) is 59.9 Å². The average Bonchev–Trinajstić information content (AvgIpc) is 3.41. The van der Waals surface area contributed by atoms with Gasteiger partial charge >= 0.3 is 6.03 Å². The van der Waals surface area contributed by atoms with Gasteiger partial charge in [-0.25, -0.2) is 4.79 Å². The third-order valence-corrected chi connectivity index (χ3v) is 8.09. The smallest absolute Gasteiger partial charge is 0.319 e. The van der Waals surface area contributed by atoms with Crippen LogP contribution in [0.2, 0.25) is 0 Å². The largest absolute Gasteiger partial charge is 0.371 e. The van der Waals surface area contributed by atoms with Crippen molar-refractivity contribution in [3.05, 3.63) is 87.1 Å². The minimum absolute atomic E-state index is 0.138. The topological polar surface area (TPSA) is 96.6 Å². The zero-order chi connectivity index (χ0) is 27.2. The highest BCUT2D eigenvalue weighted by Crippen LogP contribution is 2.35. The van der Waals surface area contributed by atoms with Crippen molar-refractivity contribution in [2.45, 2.75) is 38.3 Å². The van der Waals surface area contributed by atoms with Crippen molar-refractivity contribution in [2.24, 2.45) is 0 Å². The van der Waals surface area contributed by atoms with Gasteiger partial charge in [-0.15, -0.1) is 10.2 Å². The minimum Gasteiger partial charge on any atom is -0.371 e. The lowest BCUT2D eigenvalue weighted by atomic mass is 10.1. The molecule has 2 fully saturated rings. The first kappa shape index (κ1) is 24.8.